The van der Waals surface area contributed by atoms with Crippen molar-refractivity contribution in [2.24, 2.45) is 0 Å². The predicted molar refractivity (Wildman–Crippen MR) is 143 cm³/mol. The number of hydrogen-bond donors (Lipinski definition) is 1. The highest BCUT2D eigenvalue weighted by molar-refractivity contribution is 9.10. The summed E-state index contributed by atoms with van der Waals surface area (Å²) in [5.74, 6) is -3.09. The van der Waals surface area contributed by atoms with Crippen molar-refractivity contribution in [3.63, 3.8) is 0 Å². The third-order valence-corrected chi connectivity index (χ3v) is 9.49. The SMILES string of the molecule is CCOC(=O)C(Cc1cc(OS(=O)(=O)C(F)(F)F)c([Si](C)(C)C)c(OS(=O)(=O)C(F)(F)F)c1)Nc1ccc(Br)cc1. The predicted octanol–water partition coefficient (Wildman–Crippen LogP) is 5.04. The molecule has 1 N–H and O–H groups in total. The van der Waals surface area contributed by atoms with Crippen LogP contribution in [0.4, 0.5) is 32.0 Å². The summed E-state index contributed by atoms with van der Waals surface area (Å²) in [7, 11) is -16.0. The quantitative estimate of drug-likeness (QED) is 0.112. The summed E-state index contributed by atoms with van der Waals surface area (Å²) in [5.41, 5.74) is -11.8. The number of rotatable bonds is 11. The lowest BCUT2D eigenvalue weighted by molar-refractivity contribution is -0.144. The largest absolute Gasteiger partial charge is 0.534 e. The van der Waals surface area contributed by atoms with Crippen LogP contribution >= 0.6 is 15.9 Å². The normalized spacial score (nSPS) is 13.8. The molecule has 9 nitrogen and oxygen atoms in total. The minimum atomic E-state index is -6.36. The Kier molecular flexibility index (Phi) is 10.5. The molecule has 2 rings (SSSR count). The van der Waals surface area contributed by atoms with Crippen molar-refractivity contribution in [2.75, 3.05) is 11.9 Å². The fourth-order valence-electron chi connectivity index (χ4n) is 3.38. The van der Waals surface area contributed by atoms with E-state index < -0.39 is 74.4 Å². The molecule has 0 saturated heterocycles. The number of hydrogen-bond acceptors (Lipinski definition) is 9. The van der Waals surface area contributed by atoms with E-state index in [1.54, 1.807) is 24.3 Å². The second kappa shape index (κ2) is 12.4. The van der Waals surface area contributed by atoms with Crippen LogP contribution in [0.3, 0.4) is 0 Å². The second-order valence-corrected chi connectivity index (χ2v) is 18.3. The molecule has 41 heavy (non-hydrogen) atoms. The molecular formula is C22H24BrF6NO8S2Si. The lowest BCUT2D eigenvalue weighted by Crippen LogP contribution is -2.43. The summed E-state index contributed by atoms with van der Waals surface area (Å²) >= 11 is 3.23. The van der Waals surface area contributed by atoms with Gasteiger partial charge in [0.25, 0.3) is 0 Å². The number of benzene rings is 2. The molecule has 0 aromatic heterocycles. The van der Waals surface area contributed by atoms with Gasteiger partial charge in [0, 0.05) is 21.8 Å². The van der Waals surface area contributed by atoms with Crippen LogP contribution in [-0.2, 0) is 36.2 Å². The van der Waals surface area contributed by atoms with E-state index in [1.165, 1.54) is 26.6 Å². The second-order valence-electron chi connectivity index (χ2n) is 9.34. The van der Waals surface area contributed by atoms with Crippen LogP contribution in [-0.4, -0.2) is 54.5 Å². The average Bonchev–Trinajstić information content (AvgIpc) is 2.77. The summed E-state index contributed by atoms with van der Waals surface area (Å²) in [6.45, 7) is 5.51. The molecule has 0 heterocycles. The number of carbonyl (C=O) groups excluding carboxylic acids is 1. The zero-order valence-corrected chi connectivity index (χ0v) is 25.9. The topological polar surface area (TPSA) is 125 Å². The molecule has 0 bridgehead atoms. The summed E-state index contributed by atoms with van der Waals surface area (Å²) in [4.78, 5) is 12.7. The molecule has 0 aliphatic carbocycles. The first-order valence-electron chi connectivity index (χ1n) is 11.4. The number of anilines is 1. The Morgan fingerprint density at radius 1 is 0.902 bits per heavy atom. The molecule has 2 aromatic carbocycles. The van der Waals surface area contributed by atoms with E-state index in [4.69, 9.17) is 4.74 Å². The monoisotopic (exact) mass is 715 g/mol. The van der Waals surface area contributed by atoms with Crippen molar-refractivity contribution in [2.45, 2.75) is 50.0 Å². The number of carbonyl (C=O) groups is 1. The number of nitrogens with one attached hydrogen (secondary N) is 1. The average molecular weight is 717 g/mol. The fourth-order valence-corrected chi connectivity index (χ4v) is 6.44. The van der Waals surface area contributed by atoms with Gasteiger partial charge in [0.05, 0.1) is 14.7 Å². The fraction of sp³-hybridized carbons (Fsp3) is 0.409. The van der Waals surface area contributed by atoms with Gasteiger partial charge in [-0.2, -0.15) is 43.2 Å². The van der Waals surface area contributed by atoms with Gasteiger partial charge in [0.2, 0.25) is 0 Å². The van der Waals surface area contributed by atoms with E-state index in [0.717, 1.165) is 12.1 Å². The van der Waals surface area contributed by atoms with E-state index in [-0.39, 0.29) is 12.2 Å². The number of ether oxygens (including phenoxy) is 1. The Morgan fingerprint density at radius 3 is 1.71 bits per heavy atom. The third-order valence-electron chi connectivity index (χ3n) is 5.04. The van der Waals surface area contributed by atoms with Gasteiger partial charge in [-0.05, 0) is 48.9 Å². The van der Waals surface area contributed by atoms with E-state index >= 15 is 0 Å². The number of halogens is 7. The minimum Gasteiger partial charge on any atom is -0.464 e. The van der Waals surface area contributed by atoms with Gasteiger partial charge >= 0.3 is 37.2 Å². The van der Waals surface area contributed by atoms with Gasteiger partial charge in [-0.3, -0.25) is 0 Å². The van der Waals surface area contributed by atoms with Crippen molar-refractivity contribution in [3.8, 4) is 11.5 Å². The van der Waals surface area contributed by atoms with Gasteiger partial charge in [-0.25, -0.2) is 4.79 Å². The Balaban J connectivity index is 2.79. The Labute approximate surface area is 241 Å². The highest BCUT2D eigenvalue weighted by Crippen LogP contribution is 2.34. The van der Waals surface area contributed by atoms with E-state index in [9.17, 15) is 48.0 Å². The van der Waals surface area contributed by atoms with Crippen LogP contribution in [0.2, 0.25) is 19.6 Å². The van der Waals surface area contributed by atoms with E-state index in [2.05, 4.69) is 29.6 Å². The zero-order chi connectivity index (χ0) is 31.6. The zero-order valence-electron chi connectivity index (χ0n) is 21.7. The van der Waals surface area contributed by atoms with Crippen LogP contribution < -0.4 is 18.9 Å². The lowest BCUT2D eigenvalue weighted by atomic mass is 10.0. The molecule has 1 atom stereocenters. The van der Waals surface area contributed by atoms with Crippen molar-refractivity contribution >= 4 is 61.1 Å². The van der Waals surface area contributed by atoms with Crippen LogP contribution in [0.15, 0.2) is 40.9 Å². The van der Waals surface area contributed by atoms with Crippen LogP contribution in [0.5, 0.6) is 11.5 Å². The summed E-state index contributed by atoms with van der Waals surface area (Å²) in [6.07, 6.45) is -0.536. The minimum absolute atomic E-state index is 0.0950. The molecule has 0 aliphatic rings. The maximum Gasteiger partial charge on any atom is 0.534 e. The molecule has 0 fully saturated rings. The van der Waals surface area contributed by atoms with Gasteiger partial charge in [0.1, 0.15) is 17.5 Å². The van der Waals surface area contributed by atoms with Crippen molar-refractivity contribution in [1.29, 1.82) is 0 Å². The number of esters is 1. The first-order valence-corrected chi connectivity index (χ1v) is 18.5. The van der Waals surface area contributed by atoms with Crippen LogP contribution in [0.1, 0.15) is 12.5 Å². The van der Waals surface area contributed by atoms with Gasteiger partial charge < -0.3 is 18.4 Å². The lowest BCUT2D eigenvalue weighted by Gasteiger charge is -2.26. The summed E-state index contributed by atoms with van der Waals surface area (Å²) in [6, 6.07) is 6.50. The van der Waals surface area contributed by atoms with Crippen LogP contribution in [0.25, 0.3) is 0 Å². The first kappa shape index (κ1) is 34.7. The number of alkyl halides is 6. The molecule has 0 spiro atoms. The highest BCUT2D eigenvalue weighted by Gasteiger charge is 2.51. The summed E-state index contributed by atoms with van der Waals surface area (Å²) < 4.78 is 141. The Bertz CT molecular complexity index is 1410. The smallest absolute Gasteiger partial charge is 0.464 e. The Morgan fingerprint density at radius 2 is 1.34 bits per heavy atom. The molecule has 230 valence electrons. The van der Waals surface area contributed by atoms with E-state index in [1.807, 2.05) is 0 Å². The van der Waals surface area contributed by atoms with Crippen molar-refractivity contribution in [1.82, 2.24) is 0 Å². The highest BCUT2D eigenvalue weighted by atomic mass is 79.9. The maximum absolute atomic E-state index is 13.2. The first-order chi connectivity index (χ1) is 18.5. The van der Waals surface area contributed by atoms with Crippen LogP contribution in [0, 0.1) is 0 Å². The maximum atomic E-state index is 13.2. The Hall–Kier alpha value is -2.51. The molecule has 0 amide bonds. The molecule has 0 saturated carbocycles. The molecule has 2 aromatic rings. The van der Waals surface area contributed by atoms with Gasteiger partial charge in [-0.1, -0.05) is 35.6 Å². The van der Waals surface area contributed by atoms with E-state index in [0.29, 0.717) is 10.2 Å². The van der Waals surface area contributed by atoms with Gasteiger partial charge in [0.15, 0.2) is 0 Å². The van der Waals surface area contributed by atoms with Crippen molar-refractivity contribution in [3.05, 3.63) is 46.4 Å². The summed E-state index contributed by atoms with van der Waals surface area (Å²) in [5, 5.41) is 2.20. The standard InChI is InChI=1S/C22H24BrF6NO8S2Si/c1-5-36-20(31)16(30-15-8-6-14(23)7-9-15)10-13-11-17(37-39(32,33)21(24,25)26)19(41(2,3)4)18(12-13)38-40(34,35)22(27,28)29/h6-9,11-12,16,30H,5,10H2,1-4H3. The molecule has 1 unspecified atom stereocenters. The van der Waals surface area contributed by atoms with Gasteiger partial charge in [-0.15, -0.1) is 0 Å². The molecule has 0 radical (unpaired) electrons. The molecular weight excluding hydrogens is 692 g/mol. The van der Waals surface area contributed by atoms with Crippen molar-refractivity contribution < 1.29 is 61.1 Å². The third kappa shape index (κ3) is 8.98. The molecule has 0 aliphatic heterocycles. The molecule has 19 heteroatoms.